The van der Waals surface area contributed by atoms with Gasteiger partial charge in [-0.2, -0.15) is 0 Å². The maximum absolute atomic E-state index is 11.9. The first-order valence-corrected chi connectivity index (χ1v) is 7.13. The van der Waals surface area contributed by atoms with E-state index >= 15 is 0 Å². The van der Waals surface area contributed by atoms with Crippen LogP contribution in [0.3, 0.4) is 0 Å². The van der Waals surface area contributed by atoms with Crippen LogP contribution < -0.4 is 10.6 Å². The molecule has 2 N–H and O–H groups in total. The zero-order chi connectivity index (χ0) is 14.7. The van der Waals surface area contributed by atoms with Crippen LogP contribution in [0.2, 0.25) is 0 Å². The molecule has 0 saturated carbocycles. The third-order valence-corrected chi connectivity index (χ3v) is 3.49. The van der Waals surface area contributed by atoms with Gasteiger partial charge in [0.2, 0.25) is 5.91 Å². The molecular formula is C17H18N2O2. The number of rotatable bonds is 5. The van der Waals surface area contributed by atoms with Gasteiger partial charge >= 0.3 is 0 Å². The molecule has 0 fully saturated rings. The minimum atomic E-state index is 0.0393. The SMILES string of the molecule is CNCCCC(=O)Nc1ccc2oc3ccccc3c2c1. The Morgan fingerprint density at radius 1 is 1.10 bits per heavy atom. The number of hydrogen-bond acceptors (Lipinski definition) is 3. The third-order valence-electron chi connectivity index (χ3n) is 3.49. The van der Waals surface area contributed by atoms with E-state index in [1.807, 2.05) is 49.5 Å². The average molecular weight is 282 g/mol. The van der Waals surface area contributed by atoms with Gasteiger partial charge < -0.3 is 15.1 Å². The Morgan fingerprint density at radius 2 is 1.90 bits per heavy atom. The minimum absolute atomic E-state index is 0.0393. The van der Waals surface area contributed by atoms with E-state index in [-0.39, 0.29) is 5.91 Å². The van der Waals surface area contributed by atoms with Crippen LogP contribution in [0.15, 0.2) is 46.9 Å². The van der Waals surface area contributed by atoms with Crippen molar-refractivity contribution in [1.82, 2.24) is 5.32 Å². The largest absolute Gasteiger partial charge is 0.456 e. The van der Waals surface area contributed by atoms with E-state index in [0.29, 0.717) is 6.42 Å². The van der Waals surface area contributed by atoms with Crippen molar-refractivity contribution in [2.24, 2.45) is 0 Å². The van der Waals surface area contributed by atoms with E-state index in [2.05, 4.69) is 10.6 Å². The lowest BCUT2D eigenvalue weighted by Gasteiger charge is -2.05. The van der Waals surface area contributed by atoms with Crippen molar-refractivity contribution < 1.29 is 9.21 Å². The molecule has 0 saturated heterocycles. The van der Waals surface area contributed by atoms with Crippen LogP contribution in [0.1, 0.15) is 12.8 Å². The Hall–Kier alpha value is -2.33. The van der Waals surface area contributed by atoms with Crippen molar-refractivity contribution in [1.29, 1.82) is 0 Å². The van der Waals surface area contributed by atoms with Crippen molar-refractivity contribution in [3.63, 3.8) is 0 Å². The number of hydrogen-bond donors (Lipinski definition) is 2. The van der Waals surface area contributed by atoms with E-state index < -0.39 is 0 Å². The lowest BCUT2D eigenvalue weighted by atomic mass is 10.1. The summed E-state index contributed by atoms with van der Waals surface area (Å²) in [6.45, 7) is 0.846. The molecule has 4 heteroatoms. The predicted molar refractivity (Wildman–Crippen MR) is 85.5 cm³/mol. The quantitative estimate of drug-likeness (QED) is 0.704. The number of furan rings is 1. The normalized spacial score (nSPS) is 11.1. The summed E-state index contributed by atoms with van der Waals surface area (Å²) < 4.78 is 5.77. The first-order chi connectivity index (χ1) is 10.3. The van der Waals surface area contributed by atoms with Crippen molar-refractivity contribution in [3.8, 4) is 0 Å². The van der Waals surface area contributed by atoms with E-state index in [9.17, 15) is 4.79 Å². The van der Waals surface area contributed by atoms with Crippen LogP contribution in [0.25, 0.3) is 21.9 Å². The Balaban J connectivity index is 1.83. The van der Waals surface area contributed by atoms with Crippen molar-refractivity contribution in [2.45, 2.75) is 12.8 Å². The van der Waals surface area contributed by atoms with Gasteiger partial charge in [-0.1, -0.05) is 18.2 Å². The molecule has 1 aromatic heterocycles. The summed E-state index contributed by atoms with van der Waals surface area (Å²) in [6.07, 6.45) is 1.35. The number of benzene rings is 2. The van der Waals surface area contributed by atoms with E-state index in [1.165, 1.54) is 0 Å². The Labute approximate surface area is 123 Å². The van der Waals surface area contributed by atoms with Gasteiger partial charge in [-0.25, -0.2) is 0 Å². The second-order valence-corrected chi connectivity index (χ2v) is 5.06. The zero-order valence-corrected chi connectivity index (χ0v) is 12.0. The topological polar surface area (TPSA) is 54.3 Å². The number of carbonyl (C=O) groups excluding carboxylic acids is 1. The summed E-state index contributed by atoms with van der Waals surface area (Å²) in [7, 11) is 1.88. The van der Waals surface area contributed by atoms with E-state index in [1.54, 1.807) is 0 Å². The molecule has 0 bridgehead atoms. The highest BCUT2D eigenvalue weighted by Crippen LogP contribution is 2.30. The first-order valence-electron chi connectivity index (χ1n) is 7.13. The molecule has 3 aromatic rings. The van der Waals surface area contributed by atoms with Gasteiger partial charge in [-0.3, -0.25) is 4.79 Å². The number of nitrogens with one attached hydrogen (secondary N) is 2. The van der Waals surface area contributed by atoms with Crippen LogP contribution in [-0.4, -0.2) is 19.5 Å². The van der Waals surface area contributed by atoms with Crippen LogP contribution in [0, 0.1) is 0 Å². The fourth-order valence-corrected chi connectivity index (χ4v) is 2.45. The maximum Gasteiger partial charge on any atom is 0.224 e. The van der Waals surface area contributed by atoms with Gasteiger partial charge in [-0.05, 0) is 44.3 Å². The summed E-state index contributed by atoms with van der Waals surface area (Å²) in [6, 6.07) is 13.7. The van der Waals surface area contributed by atoms with Crippen molar-refractivity contribution in [3.05, 3.63) is 42.5 Å². The number of amides is 1. The Bertz CT molecular complexity index is 777. The average Bonchev–Trinajstić information content (AvgIpc) is 2.86. The first kappa shape index (κ1) is 13.6. The summed E-state index contributed by atoms with van der Waals surface area (Å²) in [4.78, 5) is 11.9. The molecule has 0 aliphatic carbocycles. The van der Waals surface area contributed by atoms with Gasteiger partial charge in [0.1, 0.15) is 11.2 Å². The van der Waals surface area contributed by atoms with Gasteiger partial charge in [0.05, 0.1) is 0 Å². The molecule has 0 aliphatic heterocycles. The molecule has 0 radical (unpaired) electrons. The predicted octanol–water partition coefficient (Wildman–Crippen LogP) is 3.52. The van der Waals surface area contributed by atoms with Crippen LogP contribution in [0.5, 0.6) is 0 Å². The highest BCUT2D eigenvalue weighted by Gasteiger charge is 2.08. The maximum atomic E-state index is 11.9. The van der Waals surface area contributed by atoms with E-state index in [4.69, 9.17) is 4.42 Å². The zero-order valence-electron chi connectivity index (χ0n) is 12.0. The second-order valence-electron chi connectivity index (χ2n) is 5.06. The summed E-state index contributed by atoms with van der Waals surface area (Å²) in [5.41, 5.74) is 2.51. The number of carbonyl (C=O) groups is 1. The number of fused-ring (bicyclic) bond motifs is 3. The molecule has 0 spiro atoms. The van der Waals surface area contributed by atoms with Crippen LogP contribution in [0.4, 0.5) is 5.69 Å². The third kappa shape index (κ3) is 2.90. The highest BCUT2D eigenvalue weighted by atomic mass is 16.3. The van der Waals surface area contributed by atoms with Crippen LogP contribution in [-0.2, 0) is 4.79 Å². The molecule has 108 valence electrons. The Kier molecular flexibility index (Phi) is 3.88. The highest BCUT2D eigenvalue weighted by molar-refractivity contribution is 6.06. The van der Waals surface area contributed by atoms with Gasteiger partial charge in [-0.15, -0.1) is 0 Å². The fraction of sp³-hybridized carbons (Fsp3) is 0.235. The Morgan fingerprint density at radius 3 is 2.76 bits per heavy atom. The van der Waals surface area contributed by atoms with Crippen LogP contribution >= 0.6 is 0 Å². The van der Waals surface area contributed by atoms with Gasteiger partial charge in [0.15, 0.2) is 0 Å². The van der Waals surface area contributed by atoms with Crippen molar-refractivity contribution >= 4 is 33.5 Å². The fourth-order valence-electron chi connectivity index (χ4n) is 2.45. The summed E-state index contributed by atoms with van der Waals surface area (Å²) >= 11 is 0. The number of para-hydroxylation sites is 1. The molecule has 21 heavy (non-hydrogen) atoms. The monoisotopic (exact) mass is 282 g/mol. The van der Waals surface area contributed by atoms with Gasteiger partial charge in [0, 0.05) is 22.9 Å². The molecule has 3 rings (SSSR count). The number of anilines is 1. The second kappa shape index (κ2) is 5.97. The van der Waals surface area contributed by atoms with Gasteiger partial charge in [0.25, 0.3) is 0 Å². The molecule has 4 nitrogen and oxygen atoms in total. The molecule has 0 unspecified atom stereocenters. The molecule has 1 amide bonds. The van der Waals surface area contributed by atoms with E-state index in [0.717, 1.165) is 40.6 Å². The lowest BCUT2D eigenvalue weighted by Crippen LogP contribution is -2.15. The smallest absolute Gasteiger partial charge is 0.224 e. The molecule has 2 aromatic carbocycles. The lowest BCUT2D eigenvalue weighted by molar-refractivity contribution is -0.116. The molecule has 1 heterocycles. The molecule has 0 atom stereocenters. The minimum Gasteiger partial charge on any atom is -0.456 e. The summed E-state index contributed by atoms with van der Waals surface area (Å²) in [5, 5.41) is 8.07. The molecular weight excluding hydrogens is 264 g/mol. The molecule has 0 aliphatic rings. The van der Waals surface area contributed by atoms with Crippen molar-refractivity contribution in [2.75, 3.05) is 18.9 Å². The standard InChI is InChI=1S/C17H18N2O2/c1-18-10-4-7-17(20)19-12-8-9-16-14(11-12)13-5-2-3-6-15(13)21-16/h2-3,5-6,8-9,11,18H,4,7,10H2,1H3,(H,19,20). The summed E-state index contributed by atoms with van der Waals surface area (Å²) in [5.74, 6) is 0.0393.